The van der Waals surface area contributed by atoms with Gasteiger partial charge in [-0.3, -0.25) is 0 Å². The zero-order valence-electron chi connectivity index (χ0n) is 11.6. The summed E-state index contributed by atoms with van der Waals surface area (Å²) in [6.45, 7) is 3.31. The number of hydrogen-bond acceptors (Lipinski definition) is 5. The van der Waals surface area contributed by atoms with Gasteiger partial charge in [0.25, 0.3) is 9.05 Å². The maximum absolute atomic E-state index is 11.6. The van der Waals surface area contributed by atoms with Gasteiger partial charge >= 0.3 is 0 Å². The molecule has 0 aliphatic rings. The van der Waals surface area contributed by atoms with Crippen molar-refractivity contribution in [1.29, 1.82) is 0 Å². The SMILES string of the molecule is CCCS(=O)(=O)CCOc1c(C)cc(Br)cc1S(=O)(=O)Cl. The van der Waals surface area contributed by atoms with Gasteiger partial charge in [-0.2, -0.15) is 0 Å². The Labute approximate surface area is 138 Å². The molecule has 0 bridgehead atoms. The molecular formula is C12H16BrClO5S2. The smallest absolute Gasteiger partial charge is 0.265 e. The second kappa shape index (κ2) is 7.30. The highest BCUT2D eigenvalue weighted by Gasteiger charge is 2.20. The molecule has 0 spiro atoms. The Morgan fingerprint density at radius 2 is 1.81 bits per heavy atom. The van der Waals surface area contributed by atoms with Crippen LogP contribution in [-0.2, 0) is 18.9 Å². The summed E-state index contributed by atoms with van der Waals surface area (Å²) >= 11 is 3.19. The molecule has 0 radical (unpaired) electrons. The lowest BCUT2D eigenvalue weighted by Crippen LogP contribution is -2.17. The summed E-state index contributed by atoms with van der Waals surface area (Å²) in [4.78, 5) is -0.177. The first kappa shape index (κ1) is 18.7. The van der Waals surface area contributed by atoms with E-state index in [2.05, 4.69) is 15.9 Å². The minimum absolute atomic E-state index is 0.0797. The molecule has 120 valence electrons. The van der Waals surface area contributed by atoms with Crippen LogP contribution < -0.4 is 4.74 Å². The summed E-state index contributed by atoms with van der Waals surface area (Å²) in [7, 11) is -1.80. The second-order valence-corrected chi connectivity index (χ2v) is 10.2. The first-order valence-electron chi connectivity index (χ1n) is 6.15. The number of hydrogen-bond donors (Lipinski definition) is 0. The second-order valence-electron chi connectivity index (χ2n) is 4.49. The Hall–Kier alpha value is -0.310. The molecule has 0 aliphatic carbocycles. The molecule has 0 heterocycles. The highest BCUT2D eigenvalue weighted by Crippen LogP contribution is 2.33. The average Bonchev–Trinajstić information content (AvgIpc) is 2.29. The standard InChI is InChI=1S/C12H16BrClO5S2/c1-3-5-20(15,16)6-4-19-12-9(2)7-10(13)8-11(12)21(14,17)18/h7-8H,3-6H2,1-2H3. The summed E-state index contributed by atoms with van der Waals surface area (Å²) in [6, 6.07) is 2.99. The van der Waals surface area contributed by atoms with Crippen LogP contribution in [0.15, 0.2) is 21.5 Å². The van der Waals surface area contributed by atoms with E-state index in [1.54, 1.807) is 19.9 Å². The van der Waals surface area contributed by atoms with Gasteiger partial charge in [0, 0.05) is 15.2 Å². The molecule has 0 unspecified atom stereocenters. The van der Waals surface area contributed by atoms with Crippen molar-refractivity contribution in [1.82, 2.24) is 0 Å². The predicted molar refractivity (Wildman–Crippen MR) is 86.4 cm³/mol. The van der Waals surface area contributed by atoms with E-state index in [1.807, 2.05) is 0 Å². The molecule has 0 saturated carbocycles. The molecule has 0 aliphatic heterocycles. The van der Waals surface area contributed by atoms with E-state index >= 15 is 0 Å². The lowest BCUT2D eigenvalue weighted by molar-refractivity contribution is 0.329. The number of ether oxygens (including phenoxy) is 1. The molecule has 0 atom stereocenters. The number of aryl methyl sites for hydroxylation is 1. The van der Waals surface area contributed by atoms with E-state index in [0.29, 0.717) is 16.5 Å². The van der Waals surface area contributed by atoms with Crippen LogP contribution in [0.1, 0.15) is 18.9 Å². The van der Waals surface area contributed by atoms with E-state index in [4.69, 9.17) is 15.4 Å². The Bertz CT molecular complexity index is 713. The Morgan fingerprint density at radius 1 is 1.19 bits per heavy atom. The number of benzene rings is 1. The topological polar surface area (TPSA) is 77.5 Å². The van der Waals surface area contributed by atoms with E-state index in [9.17, 15) is 16.8 Å². The first-order chi connectivity index (χ1) is 9.57. The third-order valence-electron chi connectivity index (χ3n) is 2.62. The van der Waals surface area contributed by atoms with Crippen LogP contribution in [0.25, 0.3) is 0 Å². The lowest BCUT2D eigenvalue weighted by atomic mass is 10.2. The van der Waals surface area contributed by atoms with Gasteiger partial charge in [-0.1, -0.05) is 22.9 Å². The molecule has 21 heavy (non-hydrogen) atoms. The van der Waals surface area contributed by atoms with E-state index < -0.39 is 18.9 Å². The van der Waals surface area contributed by atoms with Crippen molar-refractivity contribution in [3.8, 4) is 5.75 Å². The molecule has 1 aromatic carbocycles. The average molecular weight is 420 g/mol. The van der Waals surface area contributed by atoms with Gasteiger partial charge in [-0.25, -0.2) is 16.8 Å². The Kier molecular flexibility index (Phi) is 6.52. The fourth-order valence-electron chi connectivity index (χ4n) is 1.75. The van der Waals surface area contributed by atoms with Crippen molar-refractivity contribution in [2.45, 2.75) is 25.2 Å². The predicted octanol–water partition coefficient (Wildman–Crippen LogP) is 2.89. The fourth-order valence-corrected chi connectivity index (χ4v) is 4.69. The lowest BCUT2D eigenvalue weighted by Gasteiger charge is -2.13. The van der Waals surface area contributed by atoms with Crippen molar-refractivity contribution in [3.63, 3.8) is 0 Å². The van der Waals surface area contributed by atoms with Crippen LogP contribution in [-0.4, -0.2) is 34.9 Å². The molecule has 0 N–H and O–H groups in total. The highest BCUT2D eigenvalue weighted by molar-refractivity contribution is 9.10. The zero-order chi connectivity index (χ0) is 16.3. The molecule has 1 rings (SSSR count). The minimum Gasteiger partial charge on any atom is -0.491 e. The van der Waals surface area contributed by atoms with Crippen molar-refractivity contribution in [3.05, 3.63) is 22.2 Å². The van der Waals surface area contributed by atoms with Crippen LogP contribution in [0.5, 0.6) is 5.75 Å². The molecule has 9 heteroatoms. The molecule has 0 fully saturated rings. The normalized spacial score (nSPS) is 12.4. The van der Waals surface area contributed by atoms with Gasteiger partial charge < -0.3 is 4.74 Å². The molecule has 5 nitrogen and oxygen atoms in total. The highest BCUT2D eigenvalue weighted by atomic mass is 79.9. The van der Waals surface area contributed by atoms with Crippen LogP contribution in [0.2, 0.25) is 0 Å². The fraction of sp³-hybridized carbons (Fsp3) is 0.500. The monoisotopic (exact) mass is 418 g/mol. The van der Waals surface area contributed by atoms with Crippen LogP contribution in [0.4, 0.5) is 0 Å². The summed E-state index contributed by atoms with van der Waals surface area (Å²) < 4.78 is 52.3. The molecule has 0 amide bonds. The Balaban J connectivity index is 2.99. The molecular weight excluding hydrogens is 404 g/mol. The quantitative estimate of drug-likeness (QED) is 0.635. The van der Waals surface area contributed by atoms with Crippen molar-refractivity contribution in [2.24, 2.45) is 0 Å². The zero-order valence-corrected chi connectivity index (χ0v) is 15.6. The van der Waals surface area contributed by atoms with Crippen LogP contribution in [0.3, 0.4) is 0 Å². The summed E-state index contributed by atoms with van der Waals surface area (Å²) in [5.41, 5.74) is 0.552. The van der Waals surface area contributed by atoms with Crippen molar-refractivity contribution < 1.29 is 21.6 Å². The van der Waals surface area contributed by atoms with Crippen molar-refractivity contribution in [2.75, 3.05) is 18.1 Å². The number of halogens is 2. The molecule has 0 saturated heterocycles. The van der Waals surface area contributed by atoms with Gasteiger partial charge in [0.05, 0.1) is 11.5 Å². The maximum atomic E-state index is 11.6. The van der Waals surface area contributed by atoms with Gasteiger partial charge in [-0.05, 0) is 31.0 Å². The van der Waals surface area contributed by atoms with Gasteiger partial charge in [0.1, 0.15) is 17.3 Å². The molecule has 0 aromatic heterocycles. The van der Waals surface area contributed by atoms with Crippen molar-refractivity contribution >= 4 is 45.5 Å². The summed E-state index contributed by atoms with van der Waals surface area (Å²) in [5.74, 6) is -0.00559. The van der Waals surface area contributed by atoms with E-state index in [-0.39, 0.29) is 28.8 Å². The van der Waals surface area contributed by atoms with Gasteiger partial charge in [-0.15, -0.1) is 0 Å². The minimum atomic E-state index is -3.99. The largest absolute Gasteiger partial charge is 0.491 e. The summed E-state index contributed by atoms with van der Waals surface area (Å²) in [5, 5.41) is 0. The van der Waals surface area contributed by atoms with Crippen LogP contribution >= 0.6 is 26.6 Å². The third-order valence-corrected chi connectivity index (χ3v) is 6.23. The molecule has 1 aromatic rings. The third kappa shape index (κ3) is 5.77. The van der Waals surface area contributed by atoms with E-state index in [1.165, 1.54) is 6.07 Å². The van der Waals surface area contributed by atoms with E-state index in [0.717, 1.165) is 0 Å². The van der Waals surface area contributed by atoms with Crippen LogP contribution in [0, 0.1) is 6.92 Å². The number of sulfone groups is 1. The Morgan fingerprint density at radius 3 is 2.33 bits per heavy atom. The summed E-state index contributed by atoms with van der Waals surface area (Å²) in [6.07, 6.45) is 0.529. The first-order valence-corrected chi connectivity index (χ1v) is 11.1. The van der Waals surface area contributed by atoms with Gasteiger partial charge in [0.15, 0.2) is 9.84 Å². The van der Waals surface area contributed by atoms with Gasteiger partial charge in [0.2, 0.25) is 0 Å². The number of rotatable bonds is 7. The maximum Gasteiger partial charge on any atom is 0.265 e.